The molecule has 0 aromatic heterocycles. The van der Waals surface area contributed by atoms with Crippen LogP contribution in [0, 0.1) is 5.92 Å². The third kappa shape index (κ3) is 3.71. The maximum absolute atomic E-state index is 9.44. The molecule has 0 spiro atoms. The molecule has 1 N–H and O–H groups in total. The minimum absolute atomic E-state index is 0.186. The fourth-order valence-corrected chi connectivity index (χ4v) is 2.62. The molecule has 3 nitrogen and oxygen atoms in total. The van der Waals surface area contributed by atoms with Crippen molar-refractivity contribution in [2.45, 2.75) is 32.7 Å². The molecular formula is C16H27NO2. The van der Waals surface area contributed by atoms with E-state index < -0.39 is 0 Å². The van der Waals surface area contributed by atoms with Crippen molar-refractivity contribution in [1.82, 2.24) is 4.90 Å². The molecule has 0 saturated carbocycles. The Morgan fingerprint density at radius 3 is 2.26 bits per heavy atom. The van der Waals surface area contributed by atoms with Crippen LogP contribution in [0.2, 0.25) is 0 Å². The molecule has 1 rings (SSSR count). The van der Waals surface area contributed by atoms with E-state index in [1.807, 2.05) is 6.07 Å². The van der Waals surface area contributed by atoms with Crippen molar-refractivity contribution in [3.63, 3.8) is 0 Å². The summed E-state index contributed by atoms with van der Waals surface area (Å²) in [6, 6.07) is 6.56. The standard InChI is InChI=1S/C16H27NO2/c1-11(2)14-9-13(7-8-15(14)19-6)16(17(4)5)12(3)10-18/h7-9,11-12,16,18H,10H2,1-6H3. The number of benzene rings is 1. The molecule has 0 amide bonds. The summed E-state index contributed by atoms with van der Waals surface area (Å²) in [5.74, 6) is 1.55. The van der Waals surface area contributed by atoms with E-state index in [4.69, 9.17) is 4.74 Å². The van der Waals surface area contributed by atoms with Crippen molar-refractivity contribution in [1.29, 1.82) is 0 Å². The second kappa shape index (κ2) is 6.92. The van der Waals surface area contributed by atoms with E-state index in [1.165, 1.54) is 11.1 Å². The maximum Gasteiger partial charge on any atom is 0.122 e. The van der Waals surface area contributed by atoms with E-state index >= 15 is 0 Å². The lowest BCUT2D eigenvalue weighted by molar-refractivity contribution is 0.145. The number of nitrogens with zero attached hydrogens (tertiary/aromatic N) is 1. The lowest BCUT2D eigenvalue weighted by Gasteiger charge is -2.30. The second-order valence-electron chi connectivity index (χ2n) is 5.72. The zero-order valence-corrected chi connectivity index (χ0v) is 13.0. The van der Waals surface area contributed by atoms with E-state index in [-0.39, 0.29) is 18.6 Å². The van der Waals surface area contributed by atoms with Gasteiger partial charge in [-0.3, -0.25) is 0 Å². The Labute approximate surface area is 117 Å². The first-order valence-electron chi connectivity index (χ1n) is 6.87. The summed E-state index contributed by atoms with van der Waals surface area (Å²) in [5.41, 5.74) is 2.45. The Morgan fingerprint density at radius 2 is 1.84 bits per heavy atom. The molecular weight excluding hydrogens is 238 g/mol. The van der Waals surface area contributed by atoms with Gasteiger partial charge in [0.2, 0.25) is 0 Å². The third-order valence-corrected chi connectivity index (χ3v) is 3.60. The summed E-state index contributed by atoms with van der Waals surface area (Å²) in [5, 5.41) is 9.44. The van der Waals surface area contributed by atoms with Gasteiger partial charge in [0.25, 0.3) is 0 Å². The zero-order chi connectivity index (χ0) is 14.6. The normalized spacial score (nSPS) is 14.8. The molecule has 0 radical (unpaired) electrons. The van der Waals surface area contributed by atoms with Crippen LogP contribution in [0.25, 0.3) is 0 Å². The lowest BCUT2D eigenvalue weighted by atomic mass is 9.90. The van der Waals surface area contributed by atoms with Gasteiger partial charge in [-0.1, -0.05) is 32.9 Å². The number of methoxy groups -OCH3 is 1. The molecule has 108 valence electrons. The van der Waals surface area contributed by atoms with E-state index in [2.05, 4.69) is 51.9 Å². The Hall–Kier alpha value is -1.06. The number of aliphatic hydroxyl groups is 1. The van der Waals surface area contributed by atoms with Gasteiger partial charge in [0.1, 0.15) is 5.75 Å². The predicted octanol–water partition coefficient (Wildman–Crippen LogP) is 3.05. The van der Waals surface area contributed by atoms with Crippen LogP contribution >= 0.6 is 0 Å². The number of rotatable bonds is 6. The minimum atomic E-state index is 0.186. The third-order valence-electron chi connectivity index (χ3n) is 3.60. The van der Waals surface area contributed by atoms with Crippen molar-refractivity contribution in [3.8, 4) is 5.75 Å². The first kappa shape index (κ1) is 16.0. The number of ether oxygens (including phenoxy) is 1. The predicted molar refractivity (Wildman–Crippen MR) is 79.8 cm³/mol. The quantitative estimate of drug-likeness (QED) is 0.858. The Kier molecular flexibility index (Phi) is 5.83. The van der Waals surface area contributed by atoms with Gasteiger partial charge in [0.15, 0.2) is 0 Å². The lowest BCUT2D eigenvalue weighted by Crippen LogP contribution is -2.28. The van der Waals surface area contributed by atoms with Gasteiger partial charge < -0.3 is 14.7 Å². The van der Waals surface area contributed by atoms with Crippen LogP contribution in [0.3, 0.4) is 0 Å². The molecule has 0 aliphatic carbocycles. The summed E-state index contributed by atoms with van der Waals surface area (Å²) in [7, 11) is 5.81. The van der Waals surface area contributed by atoms with Crippen molar-refractivity contribution in [3.05, 3.63) is 29.3 Å². The highest BCUT2D eigenvalue weighted by Crippen LogP contribution is 2.33. The van der Waals surface area contributed by atoms with Crippen molar-refractivity contribution in [2.75, 3.05) is 27.8 Å². The molecule has 0 fully saturated rings. The van der Waals surface area contributed by atoms with Gasteiger partial charge in [-0.2, -0.15) is 0 Å². The van der Waals surface area contributed by atoms with Gasteiger partial charge in [-0.05, 0) is 43.1 Å². The summed E-state index contributed by atoms with van der Waals surface area (Å²) in [6.07, 6.45) is 0. The average molecular weight is 265 g/mol. The van der Waals surface area contributed by atoms with E-state index in [9.17, 15) is 5.11 Å². The van der Waals surface area contributed by atoms with Crippen molar-refractivity contribution < 1.29 is 9.84 Å². The van der Waals surface area contributed by atoms with Crippen LogP contribution in [0.5, 0.6) is 5.75 Å². The van der Waals surface area contributed by atoms with Crippen LogP contribution in [-0.4, -0.2) is 37.8 Å². The monoisotopic (exact) mass is 265 g/mol. The molecule has 1 aromatic carbocycles. The van der Waals surface area contributed by atoms with Crippen molar-refractivity contribution >= 4 is 0 Å². The van der Waals surface area contributed by atoms with Gasteiger partial charge in [-0.15, -0.1) is 0 Å². The fourth-order valence-electron chi connectivity index (χ4n) is 2.62. The molecule has 0 heterocycles. The first-order chi connectivity index (χ1) is 8.92. The number of aliphatic hydroxyl groups excluding tert-OH is 1. The van der Waals surface area contributed by atoms with Crippen LogP contribution in [-0.2, 0) is 0 Å². The van der Waals surface area contributed by atoms with Gasteiger partial charge in [-0.25, -0.2) is 0 Å². The van der Waals surface area contributed by atoms with Crippen LogP contribution < -0.4 is 4.74 Å². The van der Waals surface area contributed by atoms with Crippen LogP contribution in [0.15, 0.2) is 18.2 Å². The number of hydrogen-bond acceptors (Lipinski definition) is 3. The van der Waals surface area contributed by atoms with Gasteiger partial charge in [0, 0.05) is 12.6 Å². The molecule has 3 heteroatoms. The van der Waals surface area contributed by atoms with E-state index in [0.29, 0.717) is 5.92 Å². The molecule has 0 saturated heterocycles. The summed E-state index contributed by atoms with van der Waals surface area (Å²) < 4.78 is 5.43. The topological polar surface area (TPSA) is 32.7 Å². The average Bonchev–Trinajstić information content (AvgIpc) is 2.38. The first-order valence-corrected chi connectivity index (χ1v) is 6.87. The minimum Gasteiger partial charge on any atom is -0.496 e. The molecule has 19 heavy (non-hydrogen) atoms. The van der Waals surface area contributed by atoms with Crippen LogP contribution in [0.1, 0.15) is 43.9 Å². The highest BCUT2D eigenvalue weighted by atomic mass is 16.5. The van der Waals surface area contributed by atoms with Crippen LogP contribution in [0.4, 0.5) is 0 Å². The molecule has 0 aliphatic rings. The zero-order valence-electron chi connectivity index (χ0n) is 13.0. The smallest absolute Gasteiger partial charge is 0.122 e. The highest BCUT2D eigenvalue weighted by molar-refractivity contribution is 5.40. The number of hydrogen-bond donors (Lipinski definition) is 1. The molecule has 2 atom stereocenters. The highest BCUT2D eigenvalue weighted by Gasteiger charge is 2.22. The molecule has 0 bridgehead atoms. The Balaban J connectivity index is 3.21. The summed E-state index contributed by atoms with van der Waals surface area (Å²) in [6.45, 7) is 6.60. The Morgan fingerprint density at radius 1 is 1.21 bits per heavy atom. The molecule has 0 aliphatic heterocycles. The fraction of sp³-hybridized carbons (Fsp3) is 0.625. The van der Waals surface area contributed by atoms with Gasteiger partial charge >= 0.3 is 0 Å². The van der Waals surface area contributed by atoms with Gasteiger partial charge in [0.05, 0.1) is 7.11 Å². The van der Waals surface area contributed by atoms with Crippen molar-refractivity contribution in [2.24, 2.45) is 5.92 Å². The summed E-state index contributed by atoms with van der Waals surface area (Å²) >= 11 is 0. The summed E-state index contributed by atoms with van der Waals surface area (Å²) in [4.78, 5) is 2.16. The Bertz CT molecular complexity index is 402. The SMILES string of the molecule is COc1ccc(C(C(C)CO)N(C)C)cc1C(C)C. The second-order valence-corrected chi connectivity index (χ2v) is 5.72. The molecule has 2 unspecified atom stereocenters. The molecule has 1 aromatic rings. The maximum atomic E-state index is 9.44. The largest absolute Gasteiger partial charge is 0.496 e. The van der Waals surface area contributed by atoms with E-state index in [1.54, 1.807) is 7.11 Å². The van der Waals surface area contributed by atoms with E-state index in [0.717, 1.165) is 5.75 Å².